The van der Waals surface area contributed by atoms with Gasteiger partial charge in [-0.25, -0.2) is 28.5 Å². The highest BCUT2D eigenvalue weighted by Gasteiger charge is 2.69. The number of amides is 2. The van der Waals surface area contributed by atoms with Gasteiger partial charge in [0.05, 0.1) is 67.0 Å². The Morgan fingerprint density at radius 1 is 0.857 bits per heavy atom. The zero-order valence-electron chi connectivity index (χ0n) is 34.1. The fourth-order valence-electron chi connectivity index (χ4n) is 9.53. The first-order chi connectivity index (χ1) is 30.2. The lowest BCUT2D eigenvalue weighted by molar-refractivity contribution is -0.138. The Labute approximate surface area is 373 Å². The number of nitrogens with one attached hydrogen (secondary N) is 1. The van der Waals surface area contributed by atoms with E-state index in [1.54, 1.807) is 67.7 Å². The van der Waals surface area contributed by atoms with Gasteiger partial charge in [0.25, 0.3) is 17.4 Å². The average molecular weight is 915 g/mol. The van der Waals surface area contributed by atoms with Gasteiger partial charge in [-0.3, -0.25) is 19.8 Å². The molecule has 16 nitrogen and oxygen atoms in total. The van der Waals surface area contributed by atoms with Crippen LogP contribution in [-0.2, 0) is 41.6 Å². The van der Waals surface area contributed by atoms with E-state index in [9.17, 15) is 19.5 Å². The van der Waals surface area contributed by atoms with Crippen LogP contribution < -0.4 is 36.6 Å². The number of rotatable bonds is 10. The number of carbonyl (C=O) groups is 2. The van der Waals surface area contributed by atoms with Crippen molar-refractivity contribution in [3.63, 3.8) is 0 Å². The number of halogens is 3. The summed E-state index contributed by atoms with van der Waals surface area (Å²) in [7, 11) is 6.07. The number of imide groups is 1. The summed E-state index contributed by atoms with van der Waals surface area (Å²) in [5.41, 5.74) is 2.20. The molecule has 63 heavy (non-hydrogen) atoms. The second kappa shape index (κ2) is 15.7. The monoisotopic (exact) mass is 913 g/mol. The predicted molar refractivity (Wildman–Crippen MR) is 234 cm³/mol. The molecule has 324 valence electrons. The quantitative estimate of drug-likeness (QED) is 0.129. The zero-order valence-corrected chi connectivity index (χ0v) is 36.4. The van der Waals surface area contributed by atoms with Gasteiger partial charge in [-0.1, -0.05) is 59.1 Å². The van der Waals surface area contributed by atoms with Crippen LogP contribution in [0.15, 0.2) is 98.8 Å². The fraction of sp³-hybridized carbons (Fsp3) is 0.273. The number of ether oxygens (including phenoxy) is 3. The Bertz CT molecular complexity index is 3120. The van der Waals surface area contributed by atoms with Crippen molar-refractivity contribution in [2.24, 2.45) is 13.0 Å². The number of benzene rings is 4. The van der Waals surface area contributed by atoms with Gasteiger partial charge in [0, 0.05) is 48.1 Å². The van der Waals surface area contributed by atoms with Crippen LogP contribution in [0.2, 0.25) is 15.1 Å². The number of nitrogens with zero attached hydrogens (tertiary/aromatic N) is 6. The Morgan fingerprint density at radius 3 is 2.27 bits per heavy atom. The third kappa shape index (κ3) is 6.41. The SMILES string of the molecule is COc1ccc([C@@]23C(=O)N(Nc4ccc(Cl)cc4Cl)C(=O)[C@@H]2C[C@@H]2C(=CCn4c(=O)n(CCc5nc6cc(OC)c(OC)cc6n(C)c5=O)c(=O)n42)[C@@H]3c2ccc(O)cc2Cl)cc1. The number of hydrazine groups is 1. The van der Waals surface area contributed by atoms with Crippen molar-refractivity contribution >= 4 is 63.3 Å². The standard InChI is InChI=1S/C44H38Cl3N7O9/c1-50-35-21-37(63-4)36(62-3)20-33(35)48-32(40(50)57)14-15-51-42(59)52-16-13-27-34(54(52)43(51)60)19-28-39(56)53(49-31-12-7-23(45)17-30(31)47)41(58)44(28,22-5-9-25(61-2)10-6-22)38(27)26-11-8-24(55)18-29(26)46/h5-13,17-18,20-21,28,34,38,49,55H,14-16,19H2,1-4H3/t28-,34+,38-,44+/m0/s1. The maximum Gasteiger partial charge on any atom is 0.347 e. The van der Waals surface area contributed by atoms with Crippen LogP contribution in [0.5, 0.6) is 23.0 Å². The topological polar surface area (TPSA) is 181 Å². The zero-order chi connectivity index (χ0) is 44.6. The molecule has 4 aromatic carbocycles. The van der Waals surface area contributed by atoms with Crippen LogP contribution in [-0.4, -0.2) is 66.7 Å². The summed E-state index contributed by atoms with van der Waals surface area (Å²) in [5, 5.41) is 12.0. The van der Waals surface area contributed by atoms with Gasteiger partial charge >= 0.3 is 11.4 Å². The molecule has 1 saturated heterocycles. The second-order valence-electron chi connectivity index (χ2n) is 15.5. The van der Waals surface area contributed by atoms with Crippen molar-refractivity contribution in [1.29, 1.82) is 0 Å². The smallest absolute Gasteiger partial charge is 0.347 e. The fourth-order valence-corrected chi connectivity index (χ4v) is 10.3. The summed E-state index contributed by atoms with van der Waals surface area (Å²) in [6.45, 7) is -0.276. The Balaban J connectivity index is 1.18. The van der Waals surface area contributed by atoms with Crippen molar-refractivity contribution in [2.45, 2.75) is 43.3 Å². The van der Waals surface area contributed by atoms with Crippen molar-refractivity contribution < 1.29 is 28.9 Å². The van der Waals surface area contributed by atoms with E-state index in [4.69, 9.17) is 49.0 Å². The number of aromatic hydroxyl groups is 1. The lowest BCUT2D eigenvalue weighted by atomic mass is 9.53. The van der Waals surface area contributed by atoms with Crippen LogP contribution in [0, 0.1) is 5.92 Å². The van der Waals surface area contributed by atoms with Gasteiger partial charge in [0.2, 0.25) is 0 Å². The number of fused-ring (bicyclic) bond motifs is 5. The van der Waals surface area contributed by atoms with Gasteiger partial charge in [0.1, 0.15) is 17.2 Å². The summed E-state index contributed by atoms with van der Waals surface area (Å²) in [5.74, 6) is -2.24. The summed E-state index contributed by atoms with van der Waals surface area (Å²) in [6, 6.07) is 18.1. The summed E-state index contributed by atoms with van der Waals surface area (Å²) >= 11 is 19.7. The summed E-state index contributed by atoms with van der Waals surface area (Å²) in [4.78, 5) is 77.6. The number of methoxy groups -OCH3 is 3. The van der Waals surface area contributed by atoms with Gasteiger partial charge in [0.15, 0.2) is 11.5 Å². The van der Waals surface area contributed by atoms with E-state index in [0.717, 1.165) is 9.58 Å². The molecule has 2 N–H and O–H groups in total. The summed E-state index contributed by atoms with van der Waals surface area (Å²) in [6.07, 6.45) is 1.62. The molecule has 0 unspecified atom stereocenters. The van der Waals surface area contributed by atoms with Crippen molar-refractivity contribution in [1.82, 2.24) is 28.5 Å². The number of anilines is 1. The lowest BCUT2D eigenvalue weighted by Gasteiger charge is -2.49. The molecule has 9 rings (SSSR count). The molecule has 2 amide bonds. The maximum absolute atomic E-state index is 15.5. The first-order valence-electron chi connectivity index (χ1n) is 19.7. The largest absolute Gasteiger partial charge is 0.508 e. The molecule has 19 heteroatoms. The van der Waals surface area contributed by atoms with E-state index in [1.807, 2.05) is 0 Å². The highest BCUT2D eigenvalue weighted by atomic mass is 35.5. The van der Waals surface area contributed by atoms with Crippen molar-refractivity contribution in [3.05, 3.63) is 148 Å². The predicted octanol–water partition coefficient (Wildman–Crippen LogP) is 5.61. The van der Waals surface area contributed by atoms with Gasteiger partial charge in [-0.2, -0.15) is 5.01 Å². The Hall–Kier alpha value is -6.49. The molecule has 0 bridgehead atoms. The minimum absolute atomic E-state index is 0.0725. The van der Waals surface area contributed by atoms with Crippen molar-refractivity contribution in [2.75, 3.05) is 26.8 Å². The third-order valence-corrected chi connectivity index (χ3v) is 13.3. The molecule has 2 fully saturated rings. The van der Waals surface area contributed by atoms with Crippen LogP contribution in [0.1, 0.15) is 35.2 Å². The molecule has 3 aliphatic rings. The van der Waals surface area contributed by atoms with Crippen molar-refractivity contribution in [3.8, 4) is 23.0 Å². The van der Waals surface area contributed by atoms with Gasteiger partial charge < -0.3 is 23.9 Å². The number of aryl methyl sites for hydroxylation is 2. The number of phenols is 1. The summed E-state index contributed by atoms with van der Waals surface area (Å²) < 4.78 is 21.4. The van der Waals surface area contributed by atoms with Crippen LogP contribution >= 0.6 is 34.8 Å². The number of hydrogen-bond donors (Lipinski definition) is 2. The first-order valence-corrected chi connectivity index (χ1v) is 20.8. The van der Waals surface area contributed by atoms with Crippen LogP contribution in [0.4, 0.5) is 5.69 Å². The molecule has 1 saturated carbocycles. The van der Waals surface area contributed by atoms with E-state index in [0.29, 0.717) is 50.0 Å². The molecular formula is C44H38Cl3N7O9. The number of hydrogen-bond acceptors (Lipinski definition) is 11. The van der Waals surface area contributed by atoms with Gasteiger partial charge in [-0.15, -0.1) is 0 Å². The molecular weight excluding hydrogens is 877 g/mol. The van der Waals surface area contributed by atoms with Crippen LogP contribution in [0.3, 0.4) is 0 Å². The Kier molecular flexibility index (Phi) is 10.4. The molecule has 2 aromatic heterocycles. The van der Waals surface area contributed by atoms with Crippen LogP contribution in [0.25, 0.3) is 11.0 Å². The normalized spacial score (nSPS) is 20.3. The molecule has 0 radical (unpaired) electrons. The van der Waals surface area contributed by atoms with Gasteiger partial charge in [-0.05, 0) is 65.6 Å². The molecule has 1 aliphatic carbocycles. The second-order valence-corrected chi connectivity index (χ2v) is 16.7. The molecule has 6 aromatic rings. The first kappa shape index (κ1) is 41.8. The maximum atomic E-state index is 15.5. The molecule has 2 aliphatic heterocycles. The highest BCUT2D eigenvalue weighted by molar-refractivity contribution is 6.36. The Morgan fingerprint density at radius 2 is 1.59 bits per heavy atom. The van der Waals surface area contributed by atoms with E-state index in [2.05, 4.69) is 10.4 Å². The number of carbonyl (C=O) groups excluding carboxylic acids is 2. The third-order valence-electron chi connectivity index (χ3n) is 12.4. The molecule has 4 heterocycles. The minimum Gasteiger partial charge on any atom is -0.508 e. The van der Waals surface area contributed by atoms with E-state index >= 15 is 9.59 Å². The number of allylic oxidation sites excluding steroid dienone is 2. The number of phenolic OH excluding ortho intramolecular Hbond substituents is 1. The van der Waals surface area contributed by atoms with E-state index < -0.39 is 52.0 Å². The molecule has 4 atom stereocenters. The highest BCUT2D eigenvalue weighted by Crippen LogP contribution is 2.62. The van der Waals surface area contributed by atoms with E-state index in [-0.39, 0.29) is 53.1 Å². The minimum atomic E-state index is -1.69. The average Bonchev–Trinajstić information content (AvgIpc) is 3.64. The lowest BCUT2D eigenvalue weighted by Crippen LogP contribution is -2.53. The van der Waals surface area contributed by atoms with E-state index in [1.165, 1.54) is 53.5 Å². The number of aromatic nitrogens is 5. The molecule has 0 spiro atoms.